The van der Waals surface area contributed by atoms with Gasteiger partial charge in [0.2, 0.25) is 0 Å². The molecule has 22 heavy (non-hydrogen) atoms. The van der Waals surface area contributed by atoms with Gasteiger partial charge in [0.25, 0.3) is 0 Å². The lowest BCUT2D eigenvalue weighted by Gasteiger charge is -2.10. The van der Waals surface area contributed by atoms with E-state index in [1.165, 1.54) is 0 Å². The molecule has 0 saturated heterocycles. The van der Waals surface area contributed by atoms with Gasteiger partial charge in [0.15, 0.2) is 0 Å². The summed E-state index contributed by atoms with van der Waals surface area (Å²) in [6.45, 7) is 7.96. The van der Waals surface area contributed by atoms with Crippen molar-refractivity contribution in [1.29, 1.82) is 0 Å². The molecule has 0 fully saturated rings. The molecule has 3 rings (SSSR count). The zero-order valence-corrected chi connectivity index (χ0v) is 14.0. The first-order valence-corrected chi connectivity index (χ1v) is 8.33. The molecule has 0 unspecified atom stereocenters. The number of carbonyl (C=O) groups excluding carboxylic acids is 1. The van der Waals surface area contributed by atoms with E-state index in [2.05, 4.69) is 13.8 Å². The molecule has 4 heteroatoms. The normalized spacial score (nSPS) is 11.7. The maximum absolute atomic E-state index is 12.0. The molecule has 0 atom stereocenters. The van der Waals surface area contributed by atoms with Gasteiger partial charge in [-0.1, -0.05) is 52.0 Å². The molecular formula is C18H19NO2S. The molecule has 2 aromatic carbocycles. The Kier molecular flexibility index (Phi) is 3.87. The standard InChI is InChI=1S/C18H19NO2S/c1-10(2)17-19-16-13-8-6-5-7-12(13)14(9-15(16)22-17)21-18(20)11(3)4/h5-11H,1-4H3. The van der Waals surface area contributed by atoms with E-state index < -0.39 is 0 Å². The van der Waals surface area contributed by atoms with Crippen LogP contribution in [0.3, 0.4) is 0 Å². The number of esters is 1. The number of aromatic nitrogens is 1. The number of hydrogen-bond acceptors (Lipinski definition) is 4. The van der Waals surface area contributed by atoms with E-state index in [1.54, 1.807) is 11.3 Å². The van der Waals surface area contributed by atoms with E-state index in [-0.39, 0.29) is 11.9 Å². The van der Waals surface area contributed by atoms with Crippen LogP contribution >= 0.6 is 11.3 Å². The molecule has 0 aliphatic heterocycles. The molecule has 0 radical (unpaired) electrons. The molecule has 0 aliphatic carbocycles. The van der Waals surface area contributed by atoms with Crippen molar-refractivity contribution in [2.24, 2.45) is 5.92 Å². The third kappa shape index (κ3) is 2.59. The first-order chi connectivity index (χ1) is 10.5. The highest BCUT2D eigenvalue weighted by atomic mass is 32.1. The van der Waals surface area contributed by atoms with Crippen LogP contribution in [-0.2, 0) is 4.79 Å². The van der Waals surface area contributed by atoms with Crippen LogP contribution in [0.4, 0.5) is 0 Å². The summed E-state index contributed by atoms with van der Waals surface area (Å²) in [5.74, 6) is 0.652. The number of rotatable bonds is 3. The molecule has 1 heterocycles. The number of fused-ring (bicyclic) bond motifs is 3. The average Bonchev–Trinajstić information content (AvgIpc) is 2.91. The highest BCUT2D eigenvalue weighted by molar-refractivity contribution is 7.18. The summed E-state index contributed by atoms with van der Waals surface area (Å²) in [5, 5.41) is 3.08. The van der Waals surface area contributed by atoms with E-state index >= 15 is 0 Å². The Labute approximate surface area is 133 Å². The maximum Gasteiger partial charge on any atom is 0.313 e. The van der Waals surface area contributed by atoms with Crippen LogP contribution in [0, 0.1) is 5.92 Å². The second-order valence-corrected chi connectivity index (χ2v) is 7.11. The second kappa shape index (κ2) is 5.69. The zero-order chi connectivity index (χ0) is 15.9. The van der Waals surface area contributed by atoms with Crippen molar-refractivity contribution in [3.05, 3.63) is 35.3 Å². The molecule has 3 nitrogen and oxygen atoms in total. The van der Waals surface area contributed by atoms with Crippen LogP contribution in [0.5, 0.6) is 5.75 Å². The number of hydrogen-bond donors (Lipinski definition) is 0. The molecule has 0 N–H and O–H groups in total. The molecule has 3 aromatic rings. The fourth-order valence-corrected chi connectivity index (χ4v) is 3.31. The van der Waals surface area contributed by atoms with Crippen LogP contribution in [0.2, 0.25) is 0 Å². The summed E-state index contributed by atoms with van der Waals surface area (Å²) in [6, 6.07) is 9.91. The van der Waals surface area contributed by atoms with Crippen molar-refractivity contribution >= 4 is 38.3 Å². The Bertz CT molecular complexity index is 849. The maximum atomic E-state index is 12.0. The van der Waals surface area contributed by atoms with Gasteiger partial charge in [-0.3, -0.25) is 4.79 Å². The number of ether oxygens (including phenoxy) is 1. The number of nitrogens with zero attached hydrogens (tertiary/aromatic N) is 1. The number of benzene rings is 2. The van der Waals surface area contributed by atoms with Gasteiger partial charge >= 0.3 is 5.97 Å². The molecule has 0 aliphatic rings. The van der Waals surface area contributed by atoms with E-state index in [9.17, 15) is 4.79 Å². The Balaban J connectivity index is 2.24. The molecule has 1 aromatic heterocycles. The molecule has 0 amide bonds. The SMILES string of the molecule is CC(C)C(=O)Oc1cc2sc(C(C)C)nc2c2ccccc12. The third-order valence-corrected chi connectivity index (χ3v) is 4.86. The number of carbonyl (C=O) groups is 1. The Morgan fingerprint density at radius 2 is 1.82 bits per heavy atom. The first-order valence-electron chi connectivity index (χ1n) is 7.51. The lowest BCUT2D eigenvalue weighted by Crippen LogP contribution is -2.14. The highest BCUT2D eigenvalue weighted by Gasteiger charge is 2.16. The topological polar surface area (TPSA) is 39.2 Å². The molecule has 114 valence electrons. The smallest absolute Gasteiger partial charge is 0.313 e. The van der Waals surface area contributed by atoms with Gasteiger partial charge in [-0.25, -0.2) is 4.98 Å². The van der Waals surface area contributed by atoms with Gasteiger partial charge in [-0.05, 0) is 0 Å². The number of thiazole rings is 1. The van der Waals surface area contributed by atoms with Crippen molar-refractivity contribution in [2.75, 3.05) is 0 Å². The molecule has 0 spiro atoms. The van der Waals surface area contributed by atoms with Crippen molar-refractivity contribution < 1.29 is 9.53 Å². The average molecular weight is 313 g/mol. The van der Waals surface area contributed by atoms with Gasteiger partial charge in [0.1, 0.15) is 5.75 Å². The van der Waals surface area contributed by atoms with Crippen molar-refractivity contribution in [2.45, 2.75) is 33.6 Å². The molecular weight excluding hydrogens is 294 g/mol. The lowest BCUT2D eigenvalue weighted by atomic mass is 10.1. The van der Waals surface area contributed by atoms with Crippen LogP contribution in [0.1, 0.15) is 38.6 Å². The van der Waals surface area contributed by atoms with E-state index in [1.807, 2.05) is 44.2 Å². The van der Waals surface area contributed by atoms with Crippen molar-refractivity contribution in [3.63, 3.8) is 0 Å². The van der Waals surface area contributed by atoms with E-state index in [0.29, 0.717) is 11.7 Å². The predicted molar refractivity (Wildman–Crippen MR) is 91.7 cm³/mol. The summed E-state index contributed by atoms with van der Waals surface area (Å²) in [4.78, 5) is 16.7. The van der Waals surface area contributed by atoms with E-state index in [4.69, 9.17) is 9.72 Å². The summed E-state index contributed by atoms with van der Waals surface area (Å²) in [7, 11) is 0. The molecule has 0 saturated carbocycles. The van der Waals surface area contributed by atoms with Gasteiger partial charge in [-0.15, -0.1) is 11.3 Å². The highest BCUT2D eigenvalue weighted by Crippen LogP contribution is 2.37. The van der Waals surface area contributed by atoms with Gasteiger partial charge < -0.3 is 4.74 Å². The van der Waals surface area contributed by atoms with Crippen LogP contribution in [0.25, 0.3) is 21.0 Å². The Hall–Kier alpha value is -1.94. The fraction of sp³-hybridized carbons (Fsp3) is 0.333. The second-order valence-electron chi connectivity index (χ2n) is 6.05. The van der Waals surface area contributed by atoms with Crippen molar-refractivity contribution in [3.8, 4) is 5.75 Å². The van der Waals surface area contributed by atoms with Crippen LogP contribution < -0.4 is 4.74 Å². The van der Waals surface area contributed by atoms with Crippen molar-refractivity contribution in [1.82, 2.24) is 4.98 Å². The lowest BCUT2D eigenvalue weighted by molar-refractivity contribution is -0.137. The minimum absolute atomic E-state index is 0.151. The third-order valence-electron chi connectivity index (χ3n) is 3.56. The fourth-order valence-electron chi connectivity index (χ4n) is 2.30. The summed E-state index contributed by atoms with van der Waals surface area (Å²) in [6.07, 6.45) is 0. The summed E-state index contributed by atoms with van der Waals surface area (Å²) >= 11 is 1.67. The Morgan fingerprint density at radius 1 is 1.14 bits per heavy atom. The zero-order valence-electron chi connectivity index (χ0n) is 13.2. The van der Waals surface area contributed by atoms with Gasteiger partial charge in [0.05, 0.1) is 21.1 Å². The summed E-state index contributed by atoms with van der Waals surface area (Å²) in [5.41, 5.74) is 0.994. The Morgan fingerprint density at radius 3 is 2.45 bits per heavy atom. The summed E-state index contributed by atoms with van der Waals surface area (Å²) < 4.78 is 6.67. The first kappa shape index (κ1) is 15.0. The van der Waals surface area contributed by atoms with Crippen LogP contribution in [0.15, 0.2) is 30.3 Å². The monoisotopic (exact) mass is 313 g/mol. The van der Waals surface area contributed by atoms with Gasteiger partial charge in [-0.2, -0.15) is 0 Å². The predicted octanol–water partition coefficient (Wildman–Crippen LogP) is 5.13. The minimum atomic E-state index is -0.210. The minimum Gasteiger partial charge on any atom is -0.426 e. The quantitative estimate of drug-likeness (QED) is 0.497. The van der Waals surface area contributed by atoms with E-state index in [0.717, 1.165) is 26.0 Å². The molecule has 0 bridgehead atoms. The van der Waals surface area contributed by atoms with Crippen LogP contribution in [-0.4, -0.2) is 11.0 Å². The largest absolute Gasteiger partial charge is 0.426 e. The van der Waals surface area contributed by atoms with Gasteiger partial charge in [0, 0.05) is 22.8 Å².